The highest BCUT2D eigenvalue weighted by molar-refractivity contribution is 5.54. The van der Waals surface area contributed by atoms with Crippen molar-refractivity contribution in [2.75, 3.05) is 5.32 Å². The highest BCUT2D eigenvalue weighted by Gasteiger charge is 2.01. The molecular formula is C13H16IN3. The Labute approximate surface area is 119 Å². The highest BCUT2D eigenvalue weighted by atomic mass is 127. The average Bonchev–Trinajstić information content (AvgIpc) is 2.29. The summed E-state index contributed by atoms with van der Waals surface area (Å²) in [4.78, 5) is 4.27. The standard InChI is InChI=1S/C13H16N3.HI/c1-3-16-8-4-5-12(10-16)15-13-9-11(2)6-7-14-13;/h4-10H,3H2,1-2H3,(H,14,15);1H/q+1;/p-1. The molecule has 90 valence electrons. The number of hydrogen-bond donors (Lipinski definition) is 1. The fourth-order valence-electron chi connectivity index (χ4n) is 1.55. The van der Waals surface area contributed by atoms with Crippen molar-refractivity contribution in [2.24, 2.45) is 0 Å². The molecule has 0 aliphatic carbocycles. The number of nitrogens with one attached hydrogen (secondary N) is 1. The molecule has 0 bridgehead atoms. The summed E-state index contributed by atoms with van der Waals surface area (Å²) in [5, 5.41) is 3.29. The molecule has 0 aliphatic heterocycles. The third-order valence-corrected chi connectivity index (χ3v) is 2.41. The SMILES string of the molecule is CC[n+]1cccc(Nc2cc(C)ccn2)c1.[I-]. The van der Waals surface area contributed by atoms with Gasteiger partial charge in [0.05, 0.1) is 0 Å². The zero-order valence-corrected chi connectivity index (χ0v) is 12.2. The maximum absolute atomic E-state index is 4.27. The first-order chi connectivity index (χ1) is 7.78. The molecule has 0 atom stereocenters. The number of hydrogen-bond acceptors (Lipinski definition) is 2. The van der Waals surface area contributed by atoms with Crippen molar-refractivity contribution in [1.82, 2.24) is 4.98 Å². The average molecular weight is 341 g/mol. The summed E-state index contributed by atoms with van der Waals surface area (Å²) in [6.45, 7) is 5.15. The lowest BCUT2D eigenvalue weighted by molar-refractivity contribution is -0.692. The number of aromatic nitrogens is 2. The van der Waals surface area contributed by atoms with Gasteiger partial charge in [-0.3, -0.25) is 0 Å². The molecule has 1 N–H and O–H groups in total. The van der Waals surface area contributed by atoms with E-state index in [-0.39, 0.29) is 24.0 Å². The molecular weight excluding hydrogens is 325 g/mol. The second-order valence-corrected chi connectivity index (χ2v) is 3.77. The summed E-state index contributed by atoms with van der Waals surface area (Å²) in [7, 11) is 0. The molecule has 3 nitrogen and oxygen atoms in total. The summed E-state index contributed by atoms with van der Waals surface area (Å²) in [6, 6.07) is 8.09. The van der Waals surface area contributed by atoms with Crippen LogP contribution in [0, 0.1) is 6.92 Å². The monoisotopic (exact) mass is 341 g/mol. The molecule has 0 aromatic carbocycles. The molecule has 0 saturated heterocycles. The van der Waals surface area contributed by atoms with E-state index in [1.54, 1.807) is 0 Å². The quantitative estimate of drug-likeness (QED) is 0.599. The Morgan fingerprint density at radius 2 is 2.18 bits per heavy atom. The number of aryl methyl sites for hydroxylation is 2. The van der Waals surface area contributed by atoms with Crippen LogP contribution in [0.3, 0.4) is 0 Å². The van der Waals surface area contributed by atoms with Crippen LogP contribution in [-0.4, -0.2) is 4.98 Å². The number of halogens is 1. The highest BCUT2D eigenvalue weighted by Crippen LogP contribution is 2.12. The van der Waals surface area contributed by atoms with Crippen LogP contribution in [0.25, 0.3) is 0 Å². The van der Waals surface area contributed by atoms with Crippen molar-refractivity contribution in [3.8, 4) is 0 Å². The second-order valence-electron chi connectivity index (χ2n) is 3.77. The summed E-state index contributed by atoms with van der Waals surface area (Å²) in [5.41, 5.74) is 2.26. The zero-order valence-electron chi connectivity index (χ0n) is 10.0. The van der Waals surface area contributed by atoms with E-state index < -0.39 is 0 Å². The van der Waals surface area contributed by atoms with E-state index in [9.17, 15) is 0 Å². The molecule has 4 heteroatoms. The third-order valence-electron chi connectivity index (χ3n) is 2.41. The minimum atomic E-state index is 0. The van der Waals surface area contributed by atoms with Crippen LogP contribution in [0.1, 0.15) is 12.5 Å². The van der Waals surface area contributed by atoms with E-state index in [0.29, 0.717) is 0 Å². The van der Waals surface area contributed by atoms with Crippen LogP contribution < -0.4 is 33.9 Å². The number of pyridine rings is 2. The molecule has 17 heavy (non-hydrogen) atoms. The van der Waals surface area contributed by atoms with Gasteiger partial charge in [-0.25, -0.2) is 9.55 Å². The van der Waals surface area contributed by atoms with Gasteiger partial charge in [-0.2, -0.15) is 0 Å². The van der Waals surface area contributed by atoms with Gasteiger partial charge in [-0.05, 0) is 37.6 Å². The Hall–Kier alpha value is -1.17. The Bertz CT molecular complexity index is 486. The molecule has 0 fully saturated rings. The van der Waals surface area contributed by atoms with Crippen molar-refractivity contribution in [1.29, 1.82) is 0 Å². The van der Waals surface area contributed by atoms with Gasteiger partial charge in [0, 0.05) is 12.3 Å². The molecule has 2 aromatic rings. The number of anilines is 2. The van der Waals surface area contributed by atoms with E-state index in [0.717, 1.165) is 18.1 Å². The minimum absolute atomic E-state index is 0. The van der Waals surface area contributed by atoms with Crippen LogP contribution in [0.5, 0.6) is 0 Å². The molecule has 2 aromatic heterocycles. The lowest BCUT2D eigenvalue weighted by Crippen LogP contribution is -3.00. The molecule has 0 unspecified atom stereocenters. The summed E-state index contributed by atoms with van der Waals surface area (Å²) in [6.07, 6.45) is 5.94. The fourth-order valence-corrected chi connectivity index (χ4v) is 1.55. The Balaban J connectivity index is 0.00000144. The van der Waals surface area contributed by atoms with E-state index in [2.05, 4.69) is 41.1 Å². The second kappa shape index (κ2) is 6.54. The van der Waals surface area contributed by atoms with Gasteiger partial charge in [-0.15, -0.1) is 0 Å². The predicted octanol–water partition coefficient (Wildman–Crippen LogP) is -0.555. The van der Waals surface area contributed by atoms with Crippen LogP contribution in [0.2, 0.25) is 0 Å². The third kappa shape index (κ3) is 3.96. The lowest BCUT2D eigenvalue weighted by Gasteiger charge is -2.04. The van der Waals surface area contributed by atoms with Crippen molar-refractivity contribution in [2.45, 2.75) is 20.4 Å². The summed E-state index contributed by atoms with van der Waals surface area (Å²) in [5.74, 6) is 0.883. The maximum atomic E-state index is 4.27. The smallest absolute Gasteiger partial charge is 0.192 e. The minimum Gasteiger partial charge on any atom is -1.00 e. The summed E-state index contributed by atoms with van der Waals surface area (Å²) >= 11 is 0. The largest absolute Gasteiger partial charge is 1.00 e. The van der Waals surface area contributed by atoms with Gasteiger partial charge in [-0.1, -0.05) is 0 Å². The first-order valence-corrected chi connectivity index (χ1v) is 5.46. The molecule has 0 saturated carbocycles. The predicted molar refractivity (Wildman–Crippen MR) is 64.6 cm³/mol. The number of nitrogens with zero attached hydrogens (tertiary/aromatic N) is 2. The topological polar surface area (TPSA) is 28.8 Å². The Kier molecular flexibility index (Phi) is 5.34. The molecule has 0 radical (unpaired) electrons. The van der Waals surface area contributed by atoms with Gasteiger partial charge in [0.15, 0.2) is 12.4 Å². The van der Waals surface area contributed by atoms with E-state index >= 15 is 0 Å². The normalized spacial score (nSPS) is 9.53. The van der Waals surface area contributed by atoms with E-state index in [1.807, 2.05) is 30.5 Å². The molecule has 0 aliphatic rings. The van der Waals surface area contributed by atoms with Crippen LogP contribution in [0.15, 0.2) is 42.9 Å². The Morgan fingerprint density at radius 3 is 2.88 bits per heavy atom. The van der Waals surface area contributed by atoms with Gasteiger partial charge >= 0.3 is 0 Å². The van der Waals surface area contributed by atoms with E-state index in [4.69, 9.17) is 0 Å². The maximum Gasteiger partial charge on any atom is 0.192 e. The van der Waals surface area contributed by atoms with Crippen molar-refractivity contribution < 1.29 is 28.5 Å². The molecule has 0 spiro atoms. The van der Waals surface area contributed by atoms with Crippen molar-refractivity contribution >= 4 is 11.5 Å². The molecule has 2 heterocycles. The first kappa shape index (κ1) is 13.9. The van der Waals surface area contributed by atoms with Crippen LogP contribution >= 0.6 is 0 Å². The van der Waals surface area contributed by atoms with Gasteiger partial charge < -0.3 is 29.3 Å². The van der Waals surface area contributed by atoms with Crippen LogP contribution in [0.4, 0.5) is 11.5 Å². The summed E-state index contributed by atoms with van der Waals surface area (Å²) < 4.78 is 2.12. The molecule has 0 amide bonds. The van der Waals surface area contributed by atoms with E-state index in [1.165, 1.54) is 5.56 Å². The zero-order chi connectivity index (χ0) is 11.4. The first-order valence-electron chi connectivity index (χ1n) is 5.46. The molecule has 2 rings (SSSR count). The Morgan fingerprint density at radius 1 is 1.35 bits per heavy atom. The van der Waals surface area contributed by atoms with Gasteiger partial charge in [0.2, 0.25) is 0 Å². The van der Waals surface area contributed by atoms with Crippen molar-refractivity contribution in [3.05, 3.63) is 48.4 Å². The number of rotatable bonds is 3. The fraction of sp³-hybridized carbons (Fsp3) is 0.231. The van der Waals surface area contributed by atoms with Crippen molar-refractivity contribution in [3.63, 3.8) is 0 Å². The van der Waals surface area contributed by atoms with Crippen LogP contribution in [-0.2, 0) is 6.54 Å². The van der Waals surface area contributed by atoms with Gasteiger partial charge in [0.25, 0.3) is 0 Å². The lowest BCUT2D eigenvalue weighted by atomic mass is 10.3. The van der Waals surface area contributed by atoms with Gasteiger partial charge in [0.1, 0.15) is 18.1 Å².